The van der Waals surface area contributed by atoms with Crippen LogP contribution in [-0.4, -0.2) is 21.9 Å². The molecule has 0 saturated carbocycles. The Labute approximate surface area is 134 Å². The first-order valence-electron chi connectivity index (χ1n) is 6.42. The maximum absolute atomic E-state index is 12.7. The Morgan fingerprint density at radius 2 is 1.82 bits per heavy atom. The van der Waals surface area contributed by atoms with Gasteiger partial charge in [-0.05, 0) is 46.3 Å². The van der Waals surface area contributed by atoms with Crippen molar-refractivity contribution in [1.82, 2.24) is 4.57 Å². The lowest BCUT2D eigenvalue weighted by Gasteiger charge is -2.11. The summed E-state index contributed by atoms with van der Waals surface area (Å²) in [5.41, 5.74) is 0.227. The fourth-order valence-corrected chi connectivity index (χ4v) is 2.82. The van der Waals surface area contributed by atoms with Gasteiger partial charge in [-0.3, -0.25) is 9.36 Å². The van der Waals surface area contributed by atoms with Gasteiger partial charge in [0.2, 0.25) is 0 Å². The first-order valence-corrected chi connectivity index (χ1v) is 7.22. The minimum absolute atomic E-state index is 0.115. The summed E-state index contributed by atoms with van der Waals surface area (Å²) in [5, 5.41) is 20.3. The highest BCUT2D eigenvalue weighted by molar-refractivity contribution is 9.10. The number of phenols is 2. The molecule has 6 heteroatoms. The standard InChI is InChI=1S/C16H12BrNO4/c1-22-11-6-12-13(17)8-18(9-2-4-10(19)5-3-9)16(21)15(12)14(20)7-11/h2-8,19-20H,1H3. The predicted octanol–water partition coefficient (Wildman–Crippen LogP) is 3.17. The van der Waals surface area contributed by atoms with Gasteiger partial charge in [-0.2, -0.15) is 0 Å². The molecule has 0 atom stereocenters. The van der Waals surface area contributed by atoms with Crippen LogP contribution in [0.25, 0.3) is 16.5 Å². The quantitative estimate of drug-likeness (QED) is 0.735. The van der Waals surface area contributed by atoms with Crippen LogP contribution >= 0.6 is 15.9 Å². The van der Waals surface area contributed by atoms with Crippen LogP contribution in [0.2, 0.25) is 0 Å². The van der Waals surface area contributed by atoms with Crippen molar-refractivity contribution < 1.29 is 14.9 Å². The Bertz CT molecular complexity index is 916. The van der Waals surface area contributed by atoms with Crippen LogP contribution in [0.5, 0.6) is 17.2 Å². The number of ether oxygens (including phenoxy) is 1. The van der Waals surface area contributed by atoms with E-state index in [4.69, 9.17) is 4.74 Å². The molecule has 0 aliphatic rings. The minimum atomic E-state index is -0.357. The number of methoxy groups -OCH3 is 1. The number of fused-ring (bicyclic) bond motifs is 1. The summed E-state index contributed by atoms with van der Waals surface area (Å²) < 4.78 is 7.15. The second kappa shape index (κ2) is 5.38. The molecule has 0 bridgehead atoms. The van der Waals surface area contributed by atoms with Crippen molar-refractivity contribution in [2.75, 3.05) is 7.11 Å². The van der Waals surface area contributed by atoms with Crippen LogP contribution in [0.1, 0.15) is 0 Å². The predicted molar refractivity (Wildman–Crippen MR) is 87.1 cm³/mol. The van der Waals surface area contributed by atoms with Gasteiger partial charge in [-0.15, -0.1) is 0 Å². The summed E-state index contributed by atoms with van der Waals surface area (Å²) in [7, 11) is 1.49. The van der Waals surface area contributed by atoms with E-state index in [1.807, 2.05) is 0 Å². The van der Waals surface area contributed by atoms with Crippen LogP contribution in [0.3, 0.4) is 0 Å². The van der Waals surface area contributed by atoms with Crippen LogP contribution in [0.4, 0.5) is 0 Å². The Balaban J connectivity index is 2.35. The van der Waals surface area contributed by atoms with Crippen molar-refractivity contribution in [3.63, 3.8) is 0 Å². The van der Waals surface area contributed by atoms with Gasteiger partial charge >= 0.3 is 0 Å². The molecule has 112 valence electrons. The number of hydrogen-bond acceptors (Lipinski definition) is 4. The largest absolute Gasteiger partial charge is 0.508 e. The van der Waals surface area contributed by atoms with Gasteiger partial charge in [-0.1, -0.05) is 0 Å². The molecule has 0 amide bonds. The van der Waals surface area contributed by atoms with E-state index in [0.29, 0.717) is 21.3 Å². The van der Waals surface area contributed by atoms with Crippen molar-refractivity contribution in [2.45, 2.75) is 0 Å². The molecule has 1 aromatic heterocycles. The molecule has 0 unspecified atom stereocenters. The molecule has 0 spiro atoms. The topological polar surface area (TPSA) is 71.7 Å². The Hall–Kier alpha value is -2.47. The molecule has 0 aliphatic heterocycles. The average Bonchev–Trinajstić information content (AvgIpc) is 2.51. The second-order valence-corrected chi connectivity index (χ2v) is 5.59. The summed E-state index contributed by atoms with van der Waals surface area (Å²) in [6.07, 6.45) is 1.62. The number of hydrogen-bond donors (Lipinski definition) is 2. The van der Waals surface area contributed by atoms with Gasteiger partial charge < -0.3 is 14.9 Å². The zero-order chi connectivity index (χ0) is 15.9. The molecule has 0 saturated heterocycles. The van der Waals surface area contributed by atoms with Crippen molar-refractivity contribution in [2.24, 2.45) is 0 Å². The molecular formula is C16H12BrNO4. The maximum atomic E-state index is 12.7. The number of halogens is 1. The molecule has 5 nitrogen and oxygen atoms in total. The number of benzene rings is 2. The van der Waals surface area contributed by atoms with E-state index >= 15 is 0 Å². The third-order valence-electron chi connectivity index (χ3n) is 3.39. The minimum Gasteiger partial charge on any atom is -0.508 e. The van der Waals surface area contributed by atoms with E-state index in [0.717, 1.165) is 0 Å². The lowest BCUT2D eigenvalue weighted by atomic mass is 10.1. The van der Waals surface area contributed by atoms with Gasteiger partial charge in [0.15, 0.2) is 0 Å². The van der Waals surface area contributed by atoms with E-state index in [9.17, 15) is 15.0 Å². The molecule has 0 radical (unpaired) electrons. The number of pyridine rings is 1. The second-order valence-electron chi connectivity index (χ2n) is 4.74. The normalized spacial score (nSPS) is 10.8. The number of phenolic OH excluding ortho intramolecular Hbond substituents is 2. The third kappa shape index (κ3) is 2.31. The summed E-state index contributed by atoms with van der Waals surface area (Å²) in [6.45, 7) is 0. The molecule has 3 aromatic rings. The highest BCUT2D eigenvalue weighted by Gasteiger charge is 2.14. The molecule has 2 aromatic carbocycles. The van der Waals surface area contributed by atoms with Crippen molar-refractivity contribution >= 4 is 26.7 Å². The molecular weight excluding hydrogens is 350 g/mol. The monoisotopic (exact) mass is 361 g/mol. The first kappa shape index (κ1) is 14.5. The smallest absolute Gasteiger partial charge is 0.266 e. The third-order valence-corrected chi connectivity index (χ3v) is 4.02. The molecule has 3 rings (SSSR count). The van der Waals surface area contributed by atoms with E-state index in [1.165, 1.54) is 29.9 Å². The van der Waals surface area contributed by atoms with Crippen molar-refractivity contribution in [3.05, 3.63) is 57.4 Å². The molecule has 22 heavy (non-hydrogen) atoms. The van der Waals surface area contributed by atoms with Gasteiger partial charge in [0.25, 0.3) is 5.56 Å². The summed E-state index contributed by atoms with van der Waals surface area (Å²) in [4.78, 5) is 12.7. The highest BCUT2D eigenvalue weighted by atomic mass is 79.9. The SMILES string of the molecule is COc1cc(O)c2c(=O)n(-c3ccc(O)cc3)cc(Br)c2c1. The zero-order valence-corrected chi connectivity index (χ0v) is 13.2. The van der Waals surface area contributed by atoms with Crippen LogP contribution in [-0.2, 0) is 0 Å². The summed E-state index contributed by atoms with van der Waals surface area (Å²) in [6, 6.07) is 9.31. The lowest BCUT2D eigenvalue weighted by molar-refractivity contribution is 0.409. The van der Waals surface area contributed by atoms with Gasteiger partial charge in [0.05, 0.1) is 12.5 Å². The summed E-state index contributed by atoms with van der Waals surface area (Å²) >= 11 is 3.42. The molecule has 0 fully saturated rings. The van der Waals surface area contributed by atoms with E-state index in [1.54, 1.807) is 24.4 Å². The fourth-order valence-electron chi connectivity index (χ4n) is 2.30. The van der Waals surface area contributed by atoms with Gasteiger partial charge in [0, 0.05) is 27.8 Å². The Morgan fingerprint density at radius 1 is 1.14 bits per heavy atom. The average molecular weight is 362 g/mol. The Morgan fingerprint density at radius 3 is 2.45 bits per heavy atom. The number of aromatic nitrogens is 1. The van der Waals surface area contributed by atoms with Crippen LogP contribution < -0.4 is 10.3 Å². The molecule has 2 N–H and O–H groups in total. The van der Waals surface area contributed by atoms with Crippen LogP contribution in [0, 0.1) is 0 Å². The molecule has 0 aliphatic carbocycles. The van der Waals surface area contributed by atoms with Crippen molar-refractivity contribution in [3.8, 4) is 22.9 Å². The number of rotatable bonds is 2. The summed E-state index contributed by atoms with van der Waals surface area (Å²) in [5.74, 6) is 0.435. The van der Waals surface area contributed by atoms with Gasteiger partial charge in [0.1, 0.15) is 17.2 Å². The molecule has 1 heterocycles. The lowest BCUT2D eigenvalue weighted by Crippen LogP contribution is -2.18. The van der Waals surface area contributed by atoms with E-state index in [-0.39, 0.29) is 22.4 Å². The van der Waals surface area contributed by atoms with Crippen LogP contribution in [0.15, 0.2) is 51.9 Å². The maximum Gasteiger partial charge on any atom is 0.266 e. The van der Waals surface area contributed by atoms with Crippen molar-refractivity contribution in [1.29, 1.82) is 0 Å². The van der Waals surface area contributed by atoms with Gasteiger partial charge in [-0.25, -0.2) is 0 Å². The first-order chi connectivity index (χ1) is 10.5. The highest BCUT2D eigenvalue weighted by Crippen LogP contribution is 2.32. The number of aromatic hydroxyl groups is 2. The van der Waals surface area contributed by atoms with E-state index in [2.05, 4.69) is 15.9 Å². The zero-order valence-electron chi connectivity index (χ0n) is 11.6. The number of nitrogens with zero attached hydrogens (tertiary/aromatic N) is 1. The van der Waals surface area contributed by atoms with E-state index < -0.39 is 0 Å². The fraction of sp³-hybridized carbons (Fsp3) is 0.0625. The Kier molecular flexibility index (Phi) is 3.54.